The van der Waals surface area contributed by atoms with E-state index in [1.54, 1.807) is 6.20 Å². The Morgan fingerprint density at radius 2 is 1.90 bits per heavy atom. The van der Waals surface area contributed by atoms with Crippen LogP contribution in [-0.2, 0) is 30.3 Å². The van der Waals surface area contributed by atoms with Crippen LogP contribution in [0.25, 0.3) is 11.3 Å². The van der Waals surface area contributed by atoms with Gasteiger partial charge in [0.25, 0.3) is 5.91 Å². The van der Waals surface area contributed by atoms with Crippen molar-refractivity contribution in [2.24, 2.45) is 5.92 Å². The number of rotatable bonds is 10. The van der Waals surface area contributed by atoms with Gasteiger partial charge in [-0.2, -0.15) is 0 Å². The normalized spacial score (nSPS) is 11.7. The van der Waals surface area contributed by atoms with Crippen molar-refractivity contribution in [2.75, 3.05) is 13.7 Å². The van der Waals surface area contributed by atoms with Crippen molar-refractivity contribution in [3.63, 3.8) is 0 Å². The summed E-state index contributed by atoms with van der Waals surface area (Å²) in [4.78, 5) is 39.7. The SMILES string of the molecule is COC(=O)C(CC(C)C)NC(=O)COC(=O)CCc1ncc(-c2ccccc2)o1. The number of methoxy groups -OCH3 is 1. The Hall–Kier alpha value is -3.16. The molecule has 0 saturated carbocycles. The number of carbonyl (C=O) groups excluding carboxylic acids is 3. The molecule has 1 heterocycles. The standard InChI is InChI=1S/C21H26N2O6/c1-14(2)11-16(21(26)27-3)23-18(24)13-28-20(25)10-9-19-22-12-17(29-19)15-7-5-4-6-8-15/h4-8,12,14,16H,9-11,13H2,1-3H3,(H,23,24). The van der Waals surface area contributed by atoms with Gasteiger partial charge >= 0.3 is 11.9 Å². The minimum Gasteiger partial charge on any atom is -0.467 e. The van der Waals surface area contributed by atoms with Crippen LogP contribution < -0.4 is 5.32 Å². The number of nitrogens with one attached hydrogen (secondary N) is 1. The van der Waals surface area contributed by atoms with Crippen LogP contribution in [0.4, 0.5) is 0 Å². The van der Waals surface area contributed by atoms with Gasteiger partial charge in [-0.1, -0.05) is 44.2 Å². The Morgan fingerprint density at radius 3 is 2.55 bits per heavy atom. The molecule has 8 nitrogen and oxygen atoms in total. The molecule has 1 unspecified atom stereocenters. The van der Waals surface area contributed by atoms with Gasteiger partial charge in [0.05, 0.1) is 19.7 Å². The molecule has 0 bridgehead atoms. The lowest BCUT2D eigenvalue weighted by atomic mass is 10.0. The number of benzene rings is 1. The lowest BCUT2D eigenvalue weighted by Gasteiger charge is -2.18. The molecule has 1 amide bonds. The zero-order valence-electron chi connectivity index (χ0n) is 16.8. The van der Waals surface area contributed by atoms with Crippen LogP contribution in [0, 0.1) is 5.92 Å². The van der Waals surface area contributed by atoms with Crippen LogP contribution in [0.3, 0.4) is 0 Å². The monoisotopic (exact) mass is 402 g/mol. The average molecular weight is 402 g/mol. The fourth-order valence-corrected chi connectivity index (χ4v) is 2.65. The van der Waals surface area contributed by atoms with Crippen molar-refractivity contribution in [3.05, 3.63) is 42.4 Å². The van der Waals surface area contributed by atoms with Gasteiger partial charge in [0.2, 0.25) is 0 Å². The maximum Gasteiger partial charge on any atom is 0.328 e. The second-order valence-corrected chi connectivity index (χ2v) is 6.92. The summed E-state index contributed by atoms with van der Waals surface area (Å²) in [6.07, 6.45) is 2.31. The molecule has 0 radical (unpaired) electrons. The number of oxazole rings is 1. The van der Waals surface area contributed by atoms with Crippen molar-refractivity contribution in [3.8, 4) is 11.3 Å². The number of esters is 2. The van der Waals surface area contributed by atoms with Crippen molar-refractivity contribution in [1.29, 1.82) is 0 Å². The Morgan fingerprint density at radius 1 is 1.17 bits per heavy atom. The first kappa shape index (κ1) is 22.1. The Bertz CT molecular complexity index is 816. The van der Waals surface area contributed by atoms with Crippen LogP contribution in [-0.4, -0.2) is 42.6 Å². The molecule has 0 aliphatic heterocycles. The molecule has 1 aromatic heterocycles. The van der Waals surface area contributed by atoms with E-state index in [-0.39, 0.29) is 18.8 Å². The predicted molar refractivity (Wildman–Crippen MR) is 105 cm³/mol. The Labute approximate surface area is 169 Å². The van der Waals surface area contributed by atoms with Gasteiger partial charge < -0.3 is 19.2 Å². The van der Waals surface area contributed by atoms with E-state index in [2.05, 4.69) is 15.0 Å². The van der Waals surface area contributed by atoms with Gasteiger partial charge in [-0.05, 0) is 12.3 Å². The van der Waals surface area contributed by atoms with Crippen LogP contribution in [0.15, 0.2) is 40.9 Å². The van der Waals surface area contributed by atoms with Gasteiger partial charge in [0, 0.05) is 12.0 Å². The molecule has 1 N–H and O–H groups in total. The number of hydrogen-bond donors (Lipinski definition) is 1. The lowest BCUT2D eigenvalue weighted by molar-refractivity contribution is -0.150. The first-order chi connectivity index (χ1) is 13.9. The summed E-state index contributed by atoms with van der Waals surface area (Å²) >= 11 is 0. The third kappa shape index (κ3) is 7.40. The highest BCUT2D eigenvalue weighted by Crippen LogP contribution is 2.20. The molecule has 0 spiro atoms. The summed E-state index contributed by atoms with van der Waals surface area (Å²) in [5, 5.41) is 2.53. The molecule has 2 aromatic rings. The van der Waals surface area contributed by atoms with E-state index >= 15 is 0 Å². The third-order valence-electron chi connectivity index (χ3n) is 4.05. The molecular formula is C21H26N2O6. The minimum atomic E-state index is -0.769. The molecule has 0 aliphatic carbocycles. The zero-order chi connectivity index (χ0) is 21.2. The van der Waals surface area contributed by atoms with Crippen molar-refractivity contribution < 1.29 is 28.3 Å². The van der Waals surface area contributed by atoms with E-state index in [9.17, 15) is 14.4 Å². The summed E-state index contributed by atoms with van der Waals surface area (Å²) < 4.78 is 15.3. The van der Waals surface area contributed by atoms with E-state index in [1.807, 2.05) is 44.2 Å². The Balaban J connectivity index is 1.76. The number of ether oxygens (including phenoxy) is 2. The van der Waals surface area contributed by atoms with Gasteiger partial charge in [-0.25, -0.2) is 9.78 Å². The lowest BCUT2D eigenvalue weighted by Crippen LogP contribution is -2.44. The number of amides is 1. The van der Waals surface area contributed by atoms with Crippen molar-refractivity contribution >= 4 is 17.8 Å². The van der Waals surface area contributed by atoms with E-state index in [4.69, 9.17) is 9.15 Å². The van der Waals surface area contributed by atoms with Crippen LogP contribution in [0.5, 0.6) is 0 Å². The Kier molecular flexibility index (Phi) is 8.39. The van der Waals surface area contributed by atoms with Gasteiger partial charge in [0.1, 0.15) is 6.04 Å². The number of nitrogens with zero attached hydrogens (tertiary/aromatic N) is 1. The maximum absolute atomic E-state index is 12.0. The fourth-order valence-electron chi connectivity index (χ4n) is 2.65. The second kappa shape index (κ2) is 11.0. The summed E-state index contributed by atoms with van der Waals surface area (Å²) in [6.45, 7) is 3.38. The summed E-state index contributed by atoms with van der Waals surface area (Å²) in [5.41, 5.74) is 0.895. The summed E-state index contributed by atoms with van der Waals surface area (Å²) in [6, 6.07) is 8.73. The zero-order valence-corrected chi connectivity index (χ0v) is 16.8. The molecule has 8 heteroatoms. The van der Waals surface area contributed by atoms with E-state index in [0.717, 1.165) is 5.56 Å². The van der Waals surface area contributed by atoms with Crippen LogP contribution >= 0.6 is 0 Å². The van der Waals surface area contributed by atoms with Gasteiger partial charge in [0.15, 0.2) is 18.3 Å². The van der Waals surface area contributed by atoms with Gasteiger partial charge in [-0.3, -0.25) is 9.59 Å². The summed E-state index contributed by atoms with van der Waals surface area (Å²) in [7, 11) is 1.26. The molecular weight excluding hydrogens is 376 g/mol. The molecule has 1 aromatic carbocycles. The molecule has 2 rings (SSSR count). The van der Waals surface area contributed by atoms with Gasteiger partial charge in [-0.15, -0.1) is 0 Å². The molecule has 156 valence electrons. The molecule has 0 fully saturated rings. The predicted octanol–water partition coefficient (Wildman–Crippen LogP) is 2.52. The summed E-state index contributed by atoms with van der Waals surface area (Å²) in [5.74, 6) is -0.435. The fraction of sp³-hybridized carbons (Fsp3) is 0.429. The quantitative estimate of drug-likeness (QED) is 0.608. The topological polar surface area (TPSA) is 108 Å². The smallest absolute Gasteiger partial charge is 0.328 e. The maximum atomic E-state index is 12.0. The average Bonchev–Trinajstić information content (AvgIpc) is 3.19. The van der Waals surface area contributed by atoms with Crippen molar-refractivity contribution in [1.82, 2.24) is 10.3 Å². The first-order valence-electron chi connectivity index (χ1n) is 9.42. The first-order valence-corrected chi connectivity index (χ1v) is 9.42. The molecule has 1 atom stereocenters. The van der Waals surface area contributed by atoms with Crippen LogP contribution in [0.2, 0.25) is 0 Å². The minimum absolute atomic E-state index is 0.0223. The molecule has 0 saturated heterocycles. The number of carbonyl (C=O) groups is 3. The van der Waals surface area contributed by atoms with E-state index in [0.29, 0.717) is 18.1 Å². The number of hydrogen-bond acceptors (Lipinski definition) is 7. The highest BCUT2D eigenvalue weighted by atomic mass is 16.5. The number of aromatic nitrogens is 1. The molecule has 0 aliphatic rings. The third-order valence-corrected chi connectivity index (χ3v) is 4.05. The second-order valence-electron chi connectivity index (χ2n) is 6.92. The largest absolute Gasteiger partial charge is 0.467 e. The highest BCUT2D eigenvalue weighted by Gasteiger charge is 2.23. The van der Waals surface area contributed by atoms with E-state index in [1.165, 1.54) is 7.11 Å². The number of aryl methyl sites for hydroxylation is 1. The van der Waals surface area contributed by atoms with Crippen molar-refractivity contribution in [2.45, 2.75) is 39.2 Å². The molecule has 29 heavy (non-hydrogen) atoms. The van der Waals surface area contributed by atoms with E-state index < -0.39 is 30.5 Å². The van der Waals surface area contributed by atoms with Crippen LogP contribution in [0.1, 0.15) is 32.6 Å². The highest BCUT2D eigenvalue weighted by molar-refractivity contribution is 5.86.